The number of carbonyl (C=O) groups is 1. The summed E-state index contributed by atoms with van der Waals surface area (Å²) in [5.74, 6) is 0.0647. The smallest absolute Gasteiger partial charge is 0.318 e. The molecule has 5 nitrogen and oxygen atoms in total. The molecule has 16 heavy (non-hydrogen) atoms. The van der Waals surface area contributed by atoms with Crippen LogP contribution < -0.4 is 10.6 Å². The quantitative estimate of drug-likeness (QED) is 0.837. The van der Waals surface area contributed by atoms with Gasteiger partial charge in [0.2, 0.25) is 0 Å². The molecule has 1 aromatic rings. The second-order valence-corrected chi connectivity index (χ2v) is 5.41. The van der Waals surface area contributed by atoms with Crippen LogP contribution >= 0.6 is 0 Å². The van der Waals surface area contributed by atoms with Gasteiger partial charge in [-0.05, 0) is 24.3 Å². The summed E-state index contributed by atoms with van der Waals surface area (Å²) in [6.45, 7) is 1.59. The third-order valence-corrected chi connectivity index (χ3v) is 3.83. The van der Waals surface area contributed by atoms with Crippen molar-refractivity contribution in [1.82, 2.24) is 5.32 Å². The van der Waals surface area contributed by atoms with E-state index in [-0.39, 0.29) is 16.7 Å². The lowest BCUT2D eigenvalue weighted by atomic mass is 10.3. The van der Waals surface area contributed by atoms with Gasteiger partial charge in [-0.3, -0.25) is 0 Å². The zero-order valence-corrected chi connectivity index (χ0v) is 9.97. The first-order valence-electron chi connectivity index (χ1n) is 4.81. The fourth-order valence-electron chi connectivity index (χ4n) is 1.11. The van der Waals surface area contributed by atoms with E-state index in [9.17, 15) is 13.2 Å². The van der Waals surface area contributed by atoms with Crippen molar-refractivity contribution in [3.05, 3.63) is 24.3 Å². The van der Waals surface area contributed by atoms with Crippen molar-refractivity contribution in [2.75, 3.05) is 18.1 Å². The second-order valence-electron chi connectivity index (χ2n) is 3.13. The molecule has 0 aliphatic heterocycles. The molecule has 0 unspecified atom stereocenters. The molecule has 0 bridgehead atoms. The Labute approximate surface area is 94.8 Å². The minimum absolute atomic E-state index is 0.0647. The van der Waals surface area contributed by atoms with Crippen LogP contribution in [0.5, 0.6) is 0 Å². The Morgan fingerprint density at radius 1 is 1.25 bits per heavy atom. The first kappa shape index (κ1) is 12.5. The second kappa shape index (κ2) is 4.98. The number of benzene rings is 1. The lowest BCUT2D eigenvalue weighted by molar-refractivity contribution is 0.254. The molecule has 1 aromatic carbocycles. The van der Waals surface area contributed by atoms with Gasteiger partial charge in [-0.25, -0.2) is 13.2 Å². The average Bonchev–Trinajstić information content (AvgIpc) is 2.29. The highest BCUT2D eigenvalue weighted by Gasteiger charge is 2.10. The van der Waals surface area contributed by atoms with Crippen LogP contribution in [0, 0.1) is 0 Å². The Kier molecular flexibility index (Phi) is 3.89. The number of urea groups is 1. The van der Waals surface area contributed by atoms with E-state index < -0.39 is 9.84 Å². The Morgan fingerprint density at radius 2 is 1.81 bits per heavy atom. The molecule has 0 spiro atoms. The highest BCUT2D eigenvalue weighted by atomic mass is 32.2. The summed E-state index contributed by atoms with van der Waals surface area (Å²) in [6, 6.07) is 5.72. The maximum absolute atomic E-state index is 11.5. The molecule has 2 amide bonds. The molecule has 0 aliphatic rings. The van der Waals surface area contributed by atoms with Gasteiger partial charge >= 0.3 is 6.03 Å². The molecular formula is C10H14N2O3S. The third-order valence-electron chi connectivity index (χ3n) is 2.08. The molecule has 0 radical (unpaired) electrons. The van der Waals surface area contributed by atoms with Gasteiger partial charge in [-0.2, -0.15) is 0 Å². The number of rotatable bonds is 3. The normalized spacial score (nSPS) is 10.9. The SMILES string of the molecule is CCS(=O)(=O)c1ccc(NC(=O)NC)cc1. The fraction of sp³-hybridized carbons (Fsp3) is 0.300. The van der Waals surface area contributed by atoms with E-state index in [0.717, 1.165) is 0 Å². The van der Waals surface area contributed by atoms with E-state index in [4.69, 9.17) is 0 Å². The molecular weight excluding hydrogens is 228 g/mol. The van der Waals surface area contributed by atoms with Crippen LogP contribution in [0.25, 0.3) is 0 Å². The zero-order valence-electron chi connectivity index (χ0n) is 9.15. The Bertz CT molecular complexity index is 465. The molecule has 1 rings (SSSR count). The minimum Gasteiger partial charge on any atom is -0.341 e. The van der Waals surface area contributed by atoms with E-state index in [1.807, 2.05) is 0 Å². The van der Waals surface area contributed by atoms with Gasteiger partial charge in [-0.15, -0.1) is 0 Å². The maximum atomic E-state index is 11.5. The molecule has 0 saturated heterocycles. The molecule has 0 fully saturated rings. The fourth-order valence-corrected chi connectivity index (χ4v) is 1.99. The van der Waals surface area contributed by atoms with Gasteiger partial charge in [0.1, 0.15) is 0 Å². The maximum Gasteiger partial charge on any atom is 0.318 e. The molecule has 0 aliphatic carbocycles. The van der Waals surface area contributed by atoms with Gasteiger partial charge < -0.3 is 10.6 Å². The largest absolute Gasteiger partial charge is 0.341 e. The van der Waals surface area contributed by atoms with Crippen molar-refractivity contribution in [1.29, 1.82) is 0 Å². The summed E-state index contributed by atoms with van der Waals surface area (Å²) in [4.78, 5) is 11.2. The summed E-state index contributed by atoms with van der Waals surface area (Å²) >= 11 is 0. The lowest BCUT2D eigenvalue weighted by Gasteiger charge is -2.05. The molecule has 0 aromatic heterocycles. The van der Waals surface area contributed by atoms with Crippen molar-refractivity contribution in [2.45, 2.75) is 11.8 Å². The summed E-state index contributed by atoms with van der Waals surface area (Å²) in [6.07, 6.45) is 0. The predicted molar refractivity (Wildman–Crippen MR) is 62.2 cm³/mol. The van der Waals surface area contributed by atoms with Crippen LogP contribution in [-0.2, 0) is 9.84 Å². The van der Waals surface area contributed by atoms with Crippen LogP contribution in [0.3, 0.4) is 0 Å². The number of hydrogen-bond donors (Lipinski definition) is 2. The molecule has 6 heteroatoms. The number of anilines is 1. The predicted octanol–water partition coefficient (Wildman–Crippen LogP) is 1.23. The Hall–Kier alpha value is -1.56. The monoisotopic (exact) mass is 242 g/mol. The Morgan fingerprint density at radius 3 is 2.25 bits per heavy atom. The summed E-state index contributed by atoms with van der Waals surface area (Å²) in [7, 11) is -1.67. The van der Waals surface area contributed by atoms with Crippen LogP contribution in [0.2, 0.25) is 0 Å². The molecule has 0 saturated carbocycles. The van der Waals surface area contributed by atoms with E-state index in [1.54, 1.807) is 19.1 Å². The lowest BCUT2D eigenvalue weighted by Crippen LogP contribution is -2.24. The molecule has 2 N–H and O–H groups in total. The topological polar surface area (TPSA) is 75.3 Å². The summed E-state index contributed by atoms with van der Waals surface area (Å²) in [5.41, 5.74) is 0.550. The van der Waals surface area contributed by atoms with Crippen LogP contribution in [0.4, 0.5) is 10.5 Å². The average molecular weight is 242 g/mol. The van der Waals surface area contributed by atoms with E-state index >= 15 is 0 Å². The number of sulfone groups is 1. The number of nitrogens with one attached hydrogen (secondary N) is 2. The number of hydrogen-bond acceptors (Lipinski definition) is 3. The molecule has 0 heterocycles. The van der Waals surface area contributed by atoms with Crippen LogP contribution in [-0.4, -0.2) is 27.2 Å². The van der Waals surface area contributed by atoms with E-state index in [1.165, 1.54) is 19.2 Å². The van der Waals surface area contributed by atoms with Crippen LogP contribution in [0.1, 0.15) is 6.92 Å². The summed E-state index contributed by atoms with van der Waals surface area (Å²) < 4.78 is 23.0. The Balaban J connectivity index is 2.88. The van der Waals surface area contributed by atoms with Gasteiger partial charge in [0.25, 0.3) is 0 Å². The minimum atomic E-state index is -3.18. The standard InChI is InChI=1S/C10H14N2O3S/c1-3-16(14,15)9-6-4-8(5-7-9)12-10(13)11-2/h4-7H,3H2,1-2H3,(H2,11,12,13). The third kappa shape index (κ3) is 2.96. The van der Waals surface area contributed by atoms with Gasteiger partial charge in [0.05, 0.1) is 10.6 Å². The number of amides is 2. The zero-order chi connectivity index (χ0) is 12.2. The van der Waals surface area contributed by atoms with Crippen molar-refractivity contribution in [3.63, 3.8) is 0 Å². The van der Waals surface area contributed by atoms with Crippen LogP contribution in [0.15, 0.2) is 29.2 Å². The van der Waals surface area contributed by atoms with Crippen molar-refractivity contribution < 1.29 is 13.2 Å². The van der Waals surface area contributed by atoms with E-state index in [2.05, 4.69) is 10.6 Å². The van der Waals surface area contributed by atoms with Crippen molar-refractivity contribution >= 4 is 21.6 Å². The molecule has 0 atom stereocenters. The first-order valence-corrected chi connectivity index (χ1v) is 6.46. The van der Waals surface area contributed by atoms with Gasteiger partial charge in [-0.1, -0.05) is 6.92 Å². The van der Waals surface area contributed by atoms with E-state index in [0.29, 0.717) is 5.69 Å². The number of carbonyl (C=O) groups excluding carboxylic acids is 1. The van der Waals surface area contributed by atoms with Crippen molar-refractivity contribution in [2.24, 2.45) is 0 Å². The first-order chi connectivity index (χ1) is 7.49. The molecule has 88 valence electrons. The summed E-state index contributed by atoms with van der Waals surface area (Å²) in [5, 5.41) is 4.94. The van der Waals surface area contributed by atoms with Gasteiger partial charge in [0, 0.05) is 12.7 Å². The van der Waals surface area contributed by atoms with Crippen molar-refractivity contribution in [3.8, 4) is 0 Å². The van der Waals surface area contributed by atoms with Gasteiger partial charge in [0.15, 0.2) is 9.84 Å². The highest BCUT2D eigenvalue weighted by Crippen LogP contribution is 2.15. The highest BCUT2D eigenvalue weighted by molar-refractivity contribution is 7.91.